The van der Waals surface area contributed by atoms with Gasteiger partial charge in [-0.15, -0.1) is 0 Å². The Labute approximate surface area is 215 Å². The van der Waals surface area contributed by atoms with Crippen LogP contribution in [0, 0.1) is 0 Å². The summed E-state index contributed by atoms with van der Waals surface area (Å²) in [5, 5.41) is 10.5. The molecule has 0 radical (unpaired) electrons. The van der Waals surface area contributed by atoms with E-state index < -0.39 is 5.97 Å². The number of nitrogens with one attached hydrogen (secondary N) is 1. The van der Waals surface area contributed by atoms with E-state index in [9.17, 15) is 9.90 Å². The van der Waals surface area contributed by atoms with Crippen LogP contribution in [-0.4, -0.2) is 26.8 Å². The van der Waals surface area contributed by atoms with Crippen LogP contribution in [0.15, 0.2) is 102 Å². The van der Waals surface area contributed by atoms with Crippen molar-refractivity contribution >= 4 is 17.7 Å². The van der Waals surface area contributed by atoms with Crippen LogP contribution in [0.25, 0.3) is 0 Å². The number of aromatic nitrogens is 2. The summed E-state index contributed by atoms with van der Waals surface area (Å²) in [6, 6.07) is 26.5. The van der Waals surface area contributed by atoms with Crippen LogP contribution in [-0.2, 0) is 17.6 Å². The summed E-state index contributed by atoms with van der Waals surface area (Å²) in [4.78, 5) is 20.0. The third kappa shape index (κ3) is 5.55. The minimum atomic E-state index is -1.07. The number of aliphatic carboxylic acids is 1. The Bertz CT molecular complexity index is 1310. The van der Waals surface area contributed by atoms with Crippen molar-refractivity contribution in [1.82, 2.24) is 9.97 Å². The number of hydrogen-bond donors (Lipinski definition) is 2. The van der Waals surface area contributed by atoms with Gasteiger partial charge in [-0.3, -0.25) is 0 Å². The van der Waals surface area contributed by atoms with Gasteiger partial charge in [0.15, 0.2) is 5.16 Å². The van der Waals surface area contributed by atoms with E-state index in [0.29, 0.717) is 11.5 Å². The minimum Gasteiger partial charge on any atom is -0.475 e. The van der Waals surface area contributed by atoms with Crippen molar-refractivity contribution in [1.29, 1.82) is 0 Å². The maximum absolute atomic E-state index is 11.9. The summed E-state index contributed by atoms with van der Waals surface area (Å²) in [7, 11) is 0. The number of imidazole rings is 1. The van der Waals surface area contributed by atoms with E-state index in [4.69, 9.17) is 9.72 Å². The predicted octanol–water partition coefficient (Wildman–Crippen LogP) is 6.61. The molecule has 0 unspecified atom stereocenters. The van der Waals surface area contributed by atoms with Gasteiger partial charge in [0, 0.05) is 11.9 Å². The fourth-order valence-corrected chi connectivity index (χ4v) is 5.40. The average Bonchev–Trinajstić information content (AvgIpc) is 3.38. The van der Waals surface area contributed by atoms with Crippen LogP contribution >= 0.6 is 11.8 Å². The van der Waals surface area contributed by atoms with Gasteiger partial charge >= 0.3 is 5.97 Å². The van der Waals surface area contributed by atoms with Crippen molar-refractivity contribution in [3.05, 3.63) is 125 Å². The van der Waals surface area contributed by atoms with Gasteiger partial charge in [-0.05, 0) is 60.1 Å². The Morgan fingerprint density at radius 2 is 1.67 bits per heavy atom. The van der Waals surface area contributed by atoms with Gasteiger partial charge in [0.05, 0.1) is 11.6 Å². The van der Waals surface area contributed by atoms with Crippen molar-refractivity contribution in [3.63, 3.8) is 0 Å². The first kappa shape index (κ1) is 23.9. The van der Waals surface area contributed by atoms with Crippen LogP contribution in [0.2, 0.25) is 0 Å². The van der Waals surface area contributed by atoms with Crippen molar-refractivity contribution < 1.29 is 14.6 Å². The number of H-pyrrole nitrogens is 1. The molecule has 0 saturated carbocycles. The van der Waals surface area contributed by atoms with Gasteiger partial charge < -0.3 is 14.8 Å². The molecule has 0 saturated heterocycles. The number of carboxylic acid groups (broad SMARTS) is 1. The lowest BCUT2D eigenvalue weighted by molar-refractivity contribution is -0.135. The maximum Gasteiger partial charge on any atom is 0.371 e. The van der Waals surface area contributed by atoms with E-state index in [1.54, 1.807) is 6.08 Å². The molecule has 1 heterocycles. The molecular weight excluding hydrogens is 468 g/mol. The summed E-state index contributed by atoms with van der Waals surface area (Å²) in [6.07, 6.45) is 7.75. The lowest BCUT2D eigenvalue weighted by Gasteiger charge is -2.19. The first-order chi connectivity index (χ1) is 17.7. The van der Waals surface area contributed by atoms with Crippen LogP contribution in [0.5, 0.6) is 5.75 Å². The molecule has 3 aromatic carbocycles. The number of carbonyl (C=O) groups is 1. The molecule has 36 heavy (non-hydrogen) atoms. The Kier molecular flexibility index (Phi) is 7.52. The van der Waals surface area contributed by atoms with Gasteiger partial charge in [-0.25, -0.2) is 9.78 Å². The van der Waals surface area contributed by atoms with Crippen LogP contribution in [0.4, 0.5) is 0 Å². The van der Waals surface area contributed by atoms with E-state index in [2.05, 4.69) is 35.3 Å². The molecule has 0 atom stereocenters. The molecular formula is C30H28N2O3S. The number of benzene rings is 3. The SMILES string of the molecule is O=C(O)C(=CCSc1nc(C(c2ccccc2)c2ccccc2)c[nH]1)Oc1cccc2c1CCCC2. The standard InChI is InChI=1S/C30H28N2O3S/c33-29(34)27(35-26-17-9-15-21-10-7-8-16-24(21)26)18-19-36-30-31-20-25(32-30)28(22-11-3-1-4-12-22)23-13-5-2-6-14-23/h1-6,9,11-15,17-18,20,28H,7-8,10,16,19H2,(H,31,32)(H,33,34). The molecule has 0 amide bonds. The van der Waals surface area contributed by atoms with Crippen LogP contribution in [0.1, 0.15) is 46.7 Å². The number of aryl methyl sites for hydroxylation is 1. The molecule has 1 aliphatic carbocycles. The van der Waals surface area contributed by atoms with Gasteiger partial charge in [0.2, 0.25) is 5.76 Å². The predicted molar refractivity (Wildman–Crippen MR) is 143 cm³/mol. The second-order valence-corrected chi connectivity index (χ2v) is 9.78. The molecule has 0 spiro atoms. The Morgan fingerprint density at radius 1 is 0.972 bits per heavy atom. The molecule has 1 aromatic heterocycles. The Balaban J connectivity index is 1.31. The molecule has 0 fully saturated rings. The highest BCUT2D eigenvalue weighted by molar-refractivity contribution is 7.99. The minimum absolute atomic E-state index is 0.00992. The fourth-order valence-electron chi connectivity index (χ4n) is 4.69. The largest absolute Gasteiger partial charge is 0.475 e. The summed E-state index contributed by atoms with van der Waals surface area (Å²) >= 11 is 1.45. The zero-order chi connectivity index (χ0) is 24.7. The third-order valence-corrected chi connectivity index (χ3v) is 7.22. The van der Waals surface area contributed by atoms with Crippen LogP contribution in [0.3, 0.4) is 0 Å². The summed E-state index contributed by atoms with van der Waals surface area (Å²) in [6.45, 7) is 0. The van der Waals surface area contributed by atoms with Gasteiger partial charge in [0.1, 0.15) is 5.75 Å². The normalized spacial score (nSPS) is 13.4. The number of aromatic amines is 1. The number of nitrogens with zero attached hydrogens (tertiary/aromatic N) is 1. The Hall–Kier alpha value is -3.77. The number of ether oxygens (including phenoxy) is 1. The molecule has 4 aromatic rings. The van der Waals surface area contributed by atoms with E-state index in [0.717, 1.165) is 42.1 Å². The highest BCUT2D eigenvalue weighted by Gasteiger charge is 2.20. The number of thioether (sulfide) groups is 1. The molecule has 182 valence electrons. The lowest BCUT2D eigenvalue weighted by atomic mass is 9.89. The molecule has 5 nitrogen and oxygen atoms in total. The number of rotatable bonds is 9. The Morgan fingerprint density at radius 3 is 2.36 bits per heavy atom. The smallest absolute Gasteiger partial charge is 0.371 e. The van der Waals surface area contributed by atoms with E-state index in [1.165, 1.54) is 28.5 Å². The molecule has 6 heteroatoms. The lowest BCUT2D eigenvalue weighted by Crippen LogP contribution is -2.11. The molecule has 2 N–H and O–H groups in total. The quantitative estimate of drug-likeness (QED) is 0.155. The zero-order valence-corrected chi connectivity index (χ0v) is 20.7. The first-order valence-corrected chi connectivity index (χ1v) is 13.2. The zero-order valence-electron chi connectivity index (χ0n) is 19.9. The van der Waals surface area contributed by atoms with E-state index in [-0.39, 0.29) is 11.7 Å². The second kappa shape index (κ2) is 11.3. The van der Waals surface area contributed by atoms with Gasteiger partial charge in [-0.2, -0.15) is 0 Å². The molecule has 0 bridgehead atoms. The number of carboxylic acids is 1. The van der Waals surface area contributed by atoms with Gasteiger partial charge in [0.25, 0.3) is 0 Å². The topological polar surface area (TPSA) is 75.2 Å². The van der Waals surface area contributed by atoms with Gasteiger partial charge in [-0.1, -0.05) is 84.6 Å². The van der Waals surface area contributed by atoms with Crippen molar-refractivity contribution in [2.45, 2.75) is 36.8 Å². The van der Waals surface area contributed by atoms with E-state index in [1.807, 2.05) is 54.7 Å². The summed E-state index contributed by atoms with van der Waals surface area (Å²) < 4.78 is 5.89. The van der Waals surface area contributed by atoms with Crippen molar-refractivity contribution in [2.75, 3.05) is 5.75 Å². The van der Waals surface area contributed by atoms with Crippen LogP contribution < -0.4 is 4.74 Å². The molecule has 1 aliphatic rings. The summed E-state index contributed by atoms with van der Waals surface area (Å²) in [5.41, 5.74) is 5.64. The second-order valence-electron chi connectivity index (χ2n) is 8.77. The average molecular weight is 497 g/mol. The highest BCUT2D eigenvalue weighted by Crippen LogP contribution is 2.33. The molecule has 0 aliphatic heterocycles. The maximum atomic E-state index is 11.9. The highest BCUT2D eigenvalue weighted by atomic mass is 32.2. The summed E-state index contributed by atoms with van der Waals surface area (Å²) in [5.74, 6) is -0.0437. The van der Waals surface area contributed by atoms with Crippen molar-refractivity contribution in [3.8, 4) is 5.75 Å². The number of hydrogen-bond acceptors (Lipinski definition) is 4. The first-order valence-electron chi connectivity index (χ1n) is 12.2. The molecule has 5 rings (SSSR count). The van der Waals surface area contributed by atoms with Crippen molar-refractivity contribution in [2.24, 2.45) is 0 Å². The fraction of sp³-hybridized carbons (Fsp3) is 0.200. The number of fused-ring (bicyclic) bond motifs is 1. The monoisotopic (exact) mass is 496 g/mol. The van der Waals surface area contributed by atoms with E-state index >= 15 is 0 Å². The third-order valence-electron chi connectivity index (χ3n) is 6.41.